The van der Waals surface area contributed by atoms with Gasteiger partial charge in [-0.15, -0.1) is 0 Å². The van der Waals surface area contributed by atoms with E-state index in [0.717, 1.165) is 78.0 Å². The highest BCUT2D eigenvalue weighted by Crippen LogP contribution is 2.41. The normalized spacial score (nSPS) is 13.8. The fourth-order valence-corrected chi connectivity index (χ4v) is 7.71. The van der Waals surface area contributed by atoms with Crippen molar-refractivity contribution < 1.29 is 12.0 Å². The highest BCUT2D eigenvalue weighted by molar-refractivity contribution is 5.97. The van der Waals surface area contributed by atoms with Crippen LogP contribution in [0.1, 0.15) is 89.4 Å². The summed E-state index contributed by atoms with van der Waals surface area (Å²) >= 11 is 0. The summed E-state index contributed by atoms with van der Waals surface area (Å²) in [5.74, 6) is -1.07. The summed E-state index contributed by atoms with van der Waals surface area (Å²) < 4.78 is 43.5. The average Bonchev–Trinajstić information content (AvgIpc) is 3.62. The molecule has 0 saturated heterocycles. The minimum atomic E-state index is -2.17. The summed E-state index contributed by atoms with van der Waals surface area (Å²) in [4.78, 5) is 10.2. The molecule has 6 aromatic carbocycles. The second-order valence-electron chi connectivity index (χ2n) is 16.3. The van der Waals surface area contributed by atoms with Crippen LogP contribution in [-0.2, 0) is 5.41 Å². The molecule has 0 bridgehead atoms. The Balaban J connectivity index is 1.30. The van der Waals surface area contributed by atoms with E-state index < -0.39 is 18.6 Å². The molecule has 0 aliphatic rings. The standard InChI is InChI=1S/C53H51N3O/c1-33(2)43-14-11-15-44(34(3)4)50(43)37-23-25-42(26-24-37)56-48-17-12-16-45(51(48)55-52(56)46-13-9-10-18-49(46)57)39-29-40(31-41(30-39)53(6,7)8)47-32-38(27-28-54-47)36-21-19-35(5)20-22-36/h9-34,57H,1-8H3/i5D3,33D,34D. The number of phenolic OH excluding ortho intramolecular Hbond substituents is 1. The first kappa shape index (κ1) is 31.9. The van der Waals surface area contributed by atoms with Gasteiger partial charge in [-0.25, -0.2) is 4.98 Å². The minimum Gasteiger partial charge on any atom is -0.507 e. The van der Waals surface area contributed by atoms with Gasteiger partial charge in [0.15, 0.2) is 0 Å². The maximum atomic E-state index is 11.3. The Kier molecular flexibility index (Phi) is 8.40. The van der Waals surface area contributed by atoms with Crippen molar-refractivity contribution in [3.05, 3.63) is 168 Å². The van der Waals surface area contributed by atoms with Crippen LogP contribution in [0.25, 0.3) is 72.7 Å². The zero-order valence-electron chi connectivity index (χ0n) is 38.6. The third kappa shape index (κ3) is 7.29. The fraction of sp³-hybridized carbons (Fsp3) is 0.208. The second kappa shape index (κ2) is 15.0. The van der Waals surface area contributed by atoms with Gasteiger partial charge in [-0.2, -0.15) is 0 Å². The number of pyridine rings is 1. The molecule has 284 valence electrons. The summed E-state index contributed by atoms with van der Waals surface area (Å²) in [6, 6.07) is 45.1. The number of phenols is 1. The summed E-state index contributed by atoms with van der Waals surface area (Å²) in [6.07, 6.45) is 1.79. The number of para-hydroxylation sites is 2. The van der Waals surface area contributed by atoms with E-state index in [9.17, 15) is 5.11 Å². The van der Waals surface area contributed by atoms with E-state index >= 15 is 0 Å². The van der Waals surface area contributed by atoms with E-state index in [4.69, 9.17) is 16.8 Å². The number of aromatic hydroxyl groups is 1. The number of aromatic nitrogens is 3. The molecule has 1 N–H and O–H groups in total. The van der Waals surface area contributed by atoms with Crippen LogP contribution in [0.3, 0.4) is 0 Å². The van der Waals surface area contributed by atoms with Gasteiger partial charge in [-0.1, -0.05) is 139 Å². The first-order valence-corrected chi connectivity index (χ1v) is 19.5. The minimum absolute atomic E-state index is 0.118. The first-order chi connectivity index (χ1) is 29.2. The molecule has 0 aliphatic heterocycles. The Morgan fingerprint density at radius 3 is 1.95 bits per heavy atom. The zero-order chi connectivity index (χ0) is 44.4. The van der Waals surface area contributed by atoms with E-state index in [1.54, 1.807) is 30.5 Å². The Hall–Kier alpha value is -6.26. The van der Waals surface area contributed by atoms with Crippen molar-refractivity contribution in [1.82, 2.24) is 14.5 Å². The fourth-order valence-electron chi connectivity index (χ4n) is 7.71. The number of hydrogen-bond donors (Lipinski definition) is 1. The Labute approximate surface area is 344 Å². The Morgan fingerprint density at radius 2 is 1.28 bits per heavy atom. The van der Waals surface area contributed by atoms with Gasteiger partial charge in [0.1, 0.15) is 11.6 Å². The van der Waals surface area contributed by atoms with Crippen LogP contribution in [0, 0.1) is 6.85 Å². The topological polar surface area (TPSA) is 50.9 Å². The molecule has 8 aromatic rings. The molecule has 0 aliphatic carbocycles. The molecule has 2 heterocycles. The van der Waals surface area contributed by atoms with Crippen molar-refractivity contribution in [2.45, 2.75) is 72.5 Å². The smallest absolute Gasteiger partial charge is 0.149 e. The van der Waals surface area contributed by atoms with Crippen LogP contribution < -0.4 is 0 Å². The zero-order valence-corrected chi connectivity index (χ0v) is 33.6. The third-order valence-electron chi connectivity index (χ3n) is 10.8. The molecule has 0 fully saturated rings. The predicted molar refractivity (Wildman–Crippen MR) is 239 cm³/mol. The number of nitrogens with zero attached hydrogens (tertiary/aromatic N) is 3. The molecule has 57 heavy (non-hydrogen) atoms. The van der Waals surface area contributed by atoms with Crippen LogP contribution in [0.15, 0.2) is 146 Å². The lowest BCUT2D eigenvalue weighted by Crippen LogP contribution is -2.11. The van der Waals surface area contributed by atoms with Crippen LogP contribution in [0.4, 0.5) is 0 Å². The van der Waals surface area contributed by atoms with Crippen molar-refractivity contribution in [3.63, 3.8) is 0 Å². The van der Waals surface area contributed by atoms with Crippen molar-refractivity contribution in [2.75, 3.05) is 0 Å². The highest BCUT2D eigenvalue weighted by atomic mass is 16.3. The van der Waals surface area contributed by atoms with Crippen molar-refractivity contribution in [2.24, 2.45) is 0 Å². The number of hydrogen-bond acceptors (Lipinski definition) is 3. The molecule has 8 rings (SSSR count). The number of benzene rings is 6. The number of rotatable bonds is 8. The van der Waals surface area contributed by atoms with Gasteiger partial charge in [-0.3, -0.25) is 9.55 Å². The summed E-state index contributed by atoms with van der Waals surface area (Å²) in [7, 11) is 0. The van der Waals surface area contributed by atoms with Gasteiger partial charge in [0.2, 0.25) is 0 Å². The molecule has 0 unspecified atom stereocenters. The number of fused-ring (bicyclic) bond motifs is 1. The van der Waals surface area contributed by atoms with Gasteiger partial charge in [-0.05, 0) is 123 Å². The Morgan fingerprint density at radius 1 is 0.632 bits per heavy atom. The summed E-state index contributed by atoms with van der Waals surface area (Å²) in [6.45, 7) is 11.9. The molecule has 4 heteroatoms. The van der Waals surface area contributed by atoms with Crippen LogP contribution >= 0.6 is 0 Å². The van der Waals surface area contributed by atoms with Crippen LogP contribution in [-0.4, -0.2) is 19.6 Å². The molecular formula is C53H51N3O. The number of imidazole rings is 1. The molecular weight excluding hydrogens is 695 g/mol. The number of aryl methyl sites for hydroxylation is 1. The second-order valence-corrected chi connectivity index (χ2v) is 16.3. The van der Waals surface area contributed by atoms with Gasteiger partial charge in [0.25, 0.3) is 0 Å². The molecule has 4 nitrogen and oxygen atoms in total. The third-order valence-corrected chi connectivity index (χ3v) is 10.8. The largest absolute Gasteiger partial charge is 0.507 e. The highest BCUT2D eigenvalue weighted by Gasteiger charge is 2.23. The quantitative estimate of drug-likeness (QED) is 0.168. The van der Waals surface area contributed by atoms with Crippen molar-refractivity contribution in [3.8, 4) is 67.5 Å². The van der Waals surface area contributed by atoms with Gasteiger partial charge < -0.3 is 5.11 Å². The van der Waals surface area contributed by atoms with Crippen LogP contribution in [0.5, 0.6) is 5.75 Å². The lowest BCUT2D eigenvalue weighted by molar-refractivity contribution is 0.477. The summed E-state index contributed by atoms with van der Waals surface area (Å²) in [5, 5.41) is 11.3. The van der Waals surface area contributed by atoms with Gasteiger partial charge >= 0.3 is 0 Å². The lowest BCUT2D eigenvalue weighted by Gasteiger charge is -2.22. The van der Waals surface area contributed by atoms with Gasteiger partial charge in [0.05, 0.1) is 22.3 Å². The first-order valence-electron chi connectivity index (χ1n) is 22.0. The monoisotopic (exact) mass is 750 g/mol. The van der Waals surface area contributed by atoms with Crippen molar-refractivity contribution in [1.29, 1.82) is 0 Å². The lowest BCUT2D eigenvalue weighted by atomic mass is 9.83. The SMILES string of the molecule is [2H]C([2H])([2H])c1ccc(-c2ccnc(-c3cc(-c4cccc5c4nc(-c4ccccc4O)n5-c4ccc(-c5c(C([2H])(C)C)cccc5C([2H])(C)C)cc4)cc(C(C)(C)C)c3)c2)cc1. The summed E-state index contributed by atoms with van der Waals surface area (Å²) in [5.41, 5.74) is 13.3. The average molecular weight is 751 g/mol. The van der Waals surface area contributed by atoms with Gasteiger partial charge in [0, 0.05) is 29.9 Å². The van der Waals surface area contributed by atoms with E-state index in [-0.39, 0.29) is 11.2 Å². The van der Waals surface area contributed by atoms with E-state index in [0.29, 0.717) is 17.0 Å². The molecule has 2 aromatic heterocycles. The van der Waals surface area contributed by atoms with E-state index in [1.807, 2.05) is 88.4 Å². The molecule has 0 saturated carbocycles. The predicted octanol–water partition coefficient (Wildman–Crippen LogP) is 14.3. The molecule has 0 radical (unpaired) electrons. The maximum absolute atomic E-state index is 11.3. The molecule has 0 amide bonds. The van der Waals surface area contributed by atoms with E-state index in [2.05, 4.69) is 79.9 Å². The van der Waals surface area contributed by atoms with Crippen molar-refractivity contribution >= 4 is 11.0 Å². The Bertz CT molecular complexity index is 2910. The molecule has 0 spiro atoms. The molecule has 0 atom stereocenters. The van der Waals surface area contributed by atoms with E-state index in [1.165, 1.54) is 0 Å². The van der Waals surface area contributed by atoms with Crippen LogP contribution in [0.2, 0.25) is 0 Å². The maximum Gasteiger partial charge on any atom is 0.149 e.